The summed E-state index contributed by atoms with van der Waals surface area (Å²) in [6, 6.07) is -1.46. The summed E-state index contributed by atoms with van der Waals surface area (Å²) in [4.78, 5) is 17.6. The van der Waals surface area contributed by atoms with Crippen molar-refractivity contribution in [1.82, 2.24) is 0 Å². The molecule has 0 radical (unpaired) electrons. The second-order valence-electron chi connectivity index (χ2n) is 5.03. The predicted octanol–water partition coefficient (Wildman–Crippen LogP) is 3.63. The monoisotopic (exact) mass is 370 g/mol. The molecule has 22 heavy (non-hydrogen) atoms. The molecule has 0 aliphatic heterocycles. The van der Waals surface area contributed by atoms with Crippen LogP contribution in [0.2, 0.25) is 12.6 Å². The molecule has 2 nitrogen and oxygen atoms in total. The highest BCUT2D eigenvalue weighted by molar-refractivity contribution is 6.63. The van der Waals surface area contributed by atoms with Crippen molar-refractivity contribution >= 4 is 8.56 Å². The Morgan fingerprint density at radius 1 is 0.727 bits per heavy atom. The quantitative estimate of drug-likeness (QED) is 0.531. The molecule has 0 spiro atoms. The zero-order valence-electron chi connectivity index (χ0n) is 11.1. The van der Waals surface area contributed by atoms with E-state index in [-0.39, 0.29) is 0 Å². The average Bonchev–Trinajstić information content (AvgIpc) is 2.23. The zero-order chi connectivity index (χ0) is 18.4. The van der Waals surface area contributed by atoms with E-state index in [0.717, 1.165) is 0 Å². The summed E-state index contributed by atoms with van der Waals surface area (Å²) < 4.78 is 129. The maximum atomic E-state index is 13.1. The van der Waals surface area contributed by atoms with E-state index >= 15 is 0 Å². The van der Waals surface area contributed by atoms with Gasteiger partial charge in [0.25, 0.3) is 0 Å². The van der Waals surface area contributed by atoms with E-state index in [4.69, 9.17) is 9.59 Å². The molecule has 0 aliphatic carbocycles. The third kappa shape index (κ3) is 3.67. The highest BCUT2D eigenvalue weighted by atomic mass is 28.4. The lowest BCUT2D eigenvalue weighted by atomic mass is 9.94. The van der Waals surface area contributed by atoms with Gasteiger partial charge in [0.1, 0.15) is 0 Å². The maximum Gasteiger partial charge on any atom is 0.384 e. The molecular weight excluding hydrogens is 358 g/mol. The number of rotatable bonds is 7. The van der Waals surface area contributed by atoms with Crippen LogP contribution in [0.4, 0.5) is 43.9 Å². The number of hydrogen-bond acceptors (Lipinski definition) is 2. The molecule has 0 aromatic carbocycles. The third-order valence-electron chi connectivity index (χ3n) is 2.71. The van der Waals surface area contributed by atoms with E-state index in [0.29, 0.717) is 6.55 Å². The Kier molecular flexibility index (Phi) is 5.37. The Labute approximate surface area is 119 Å². The van der Waals surface area contributed by atoms with Gasteiger partial charge in [-0.3, -0.25) is 0 Å². The average molecular weight is 370 g/mol. The third-order valence-corrected chi connectivity index (χ3v) is 3.91. The largest absolute Gasteiger partial charge is 0.411 e. The van der Waals surface area contributed by atoms with Crippen LogP contribution in [0.15, 0.2) is 0 Å². The molecule has 0 aromatic heterocycles. The first-order valence-corrected chi connectivity index (χ1v) is 8.15. The molecule has 0 unspecified atom stereocenters. The molecule has 0 saturated carbocycles. The van der Waals surface area contributed by atoms with E-state index in [1.807, 2.05) is 0 Å². The van der Waals surface area contributed by atoms with Gasteiger partial charge in [0.2, 0.25) is 0 Å². The van der Waals surface area contributed by atoms with Crippen LogP contribution in [-0.2, 0) is 0 Å². The summed E-state index contributed by atoms with van der Waals surface area (Å²) in [6.45, 7) is -0.241. The second kappa shape index (κ2) is 5.51. The number of alkyl halides is 10. The van der Waals surface area contributed by atoms with E-state index in [1.54, 1.807) is 0 Å². The molecule has 134 valence electrons. The van der Waals surface area contributed by atoms with Crippen molar-refractivity contribution in [2.75, 3.05) is 0 Å². The maximum absolute atomic E-state index is 13.1. The fourth-order valence-electron chi connectivity index (χ4n) is 1.25. The molecule has 0 aromatic rings. The minimum atomic E-state index is -7.08. The SMILES string of the molecule is CC(F)(F)C(F)(F)C(F)(F)C(F)(F)C(F)(F)CC[Si](C)(O)O. The summed E-state index contributed by atoms with van der Waals surface area (Å²) in [5.41, 5.74) is 0. The molecule has 0 amide bonds. The molecule has 0 saturated heterocycles. The Bertz CT molecular complexity index is 398. The van der Waals surface area contributed by atoms with Gasteiger partial charge in [-0.2, -0.15) is 43.9 Å². The van der Waals surface area contributed by atoms with Crippen molar-refractivity contribution in [2.45, 2.75) is 55.5 Å². The molecule has 0 bridgehead atoms. The smallest absolute Gasteiger partial charge is 0.384 e. The Morgan fingerprint density at radius 2 is 1.09 bits per heavy atom. The van der Waals surface area contributed by atoms with Crippen molar-refractivity contribution in [3.05, 3.63) is 0 Å². The van der Waals surface area contributed by atoms with Crippen LogP contribution in [-0.4, -0.2) is 47.8 Å². The normalized spacial score (nSPS) is 16.1. The zero-order valence-corrected chi connectivity index (χ0v) is 12.1. The van der Waals surface area contributed by atoms with E-state index in [9.17, 15) is 43.9 Å². The molecule has 13 heteroatoms. The summed E-state index contributed by atoms with van der Waals surface area (Å²) in [5, 5.41) is 0. The van der Waals surface area contributed by atoms with Crippen LogP contribution in [0.25, 0.3) is 0 Å². The Morgan fingerprint density at radius 3 is 1.36 bits per heavy atom. The summed E-state index contributed by atoms with van der Waals surface area (Å²) >= 11 is 0. The van der Waals surface area contributed by atoms with Crippen molar-refractivity contribution in [3.63, 3.8) is 0 Å². The van der Waals surface area contributed by atoms with Crippen LogP contribution < -0.4 is 0 Å². The molecule has 2 N–H and O–H groups in total. The summed E-state index contributed by atoms with van der Waals surface area (Å²) in [5.74, 6) is -32.3. The first-order chi connectivity index (χ1) is 9.21. The Hall–Kier alpha value is -0.563. The molecule has 0 rings (SSSR count). The minimum Gasteiger partial charge on any atom is -0.411 e. The van der Waals surface area contributed by atoms with Gasteiger partial charge in [0.05, 0.1) is 0 Å². The van der Waals surface area contributed by atoms with Crippen molar-refractivity contribution in [2.24, 2.45) is 0 Å². The van der Waals surface area contributed by atoms with Crippen molar-refractivity contribution in [1.29, 1.82) is 0 Å². The highest BCUT2D eigenvalue weighted by Crippen LogP contribution is 2.57. The molecule has 0 aliphatic rings. The van der Waals surface area contributed by atoms with Crippen LogP contribution in [0.1, 0.15) is 13.3 Å². The molecule has 0 atom stereocenters. The van der Waals surface area contributed by atoms with Crippen LogP contribution in [0, 0.1) is 0 Å². The minimum absolute atomic E-state index is 0.578. The molecule has 0 fully saturated rings. The van der Waals surface area contributed by atoms with Gasteiger partial charge in [0.15, 0.2) is 0 Å². The van der Waals surface area contributed by atoms with Gasteiger partial charge in [-0.05, 0) is 12.6 Å². The Balaban J connectivity index is 5.69. The van der Waals surface area contributed by atoms with Crippen LogP contribution >= 0.6 is 0 Å². The topological polar surface area (TPSA) is 40.5 Å². The van der Waals surface area contributed by atoms with E-state index in [1.165, 1.54) is 0 Å². The van der Waals surface area contributed by atoms with Gasteiger partial charge in [0, 0.05) is 13.3 Å². The van der Waals surface area contributed by atoms with Gasteiger partial charge >= 0.3 is 38.2 Å². The first kappa shape index (κ1) is 21.4. The van der Waals surface area contributed by atoms with E-state index < -0.39 is 57.6 Å². The number of hydrogen-bond donors (Lipinski definition) is 2. The van der Waals surface area contributed by atoms with Gasteiger partial charge in [-0.1, -0.05) is 0 Å². The van der Waals surface area contributed by atoms with Crippen molar-refractivity contribution < 1.29 is 53.5 Å². The fraction of sp³-hybridized carbons (Fsp3) is 1.00. The van der Waals surface area contributed by atoms with Gasteiger partial charge in [-0.25, -0.2) is 0 Å². The molecule has 0 heterocycles. The van der Waals surface area contributed by atoms with Crippen LogP contribution in [0.3, 0.4) is 0 Å². The summed E-state index contributed by atoms with van der Waals surface area (Å²) in [7, 11) is -4.38. The second-order valence-corrected chi connectivity index (χ2v) is 7.97. The lowest BCUT2D eigenvalue weighted by Gasteiger charge is -2.38. The van der Waals surface area contributed by atoms with Gasteiger partial charge < -0.3 is 9.59 Å². The summed E-state index contributed by atoms with van der Waals surface area (Å²) in [6.07, 6.45) is -2.29. The van der Waals surface area contributed by atoms with E-state index in [2.05, 4.69) is 0 Å². The van der Waals surface area contributed by atoms with Crippen molar-refractivity contribution in [3.8, 4) is 0 Å². The molecular formula is C9H12F10O2Si. The lowest BCUT2D eigenvalue weighted by Crippen LogP contribution is -2.66. The first-order valence-electron chi connectivity index (χ1n) is 5.54. The fourth-order valence-corrected chi connectivity index (χ4v) is 2.04. The number of halogens is 10. The lowest BCUT2D eigenvalue weighted by molar-refractivity contribution is -0.399. The van der Waals surface area contributed by atoms with Gasteiger partial charge in [-0.15, -0.1) is 0 Å². The predicted molar refractivity (Wildman–Crippen MR) is 55.9 cm³/mol. The van der Waals surface area contributed by atoms with Crippen LogP contribution in [0.5, 0.6) is 0 Å². The highest BCUT2D eigenvalue weighted by Gasteiger charge is 2.84. The standard InChI is InChI=1S/C9H12F10O2Si/c1-5(10,11)7(14,15)9(18,19)8(16,17)6(12,13)3-4-22(2,20)21/h20-21H,3-4H2,1-2H3.